The number of carbonyl (C=O) groups is 1. The van der Waals surface area contributed by atoms with E-state index in [9.17, 15) is 9.90 Å². The molecule has 5 heteroatoms. The predicted octanol–water partition coefficient (Wildman–Crippen LogP) is 1.31. The molecule has 1 aliphatic heterocycles. The Morgan fingerprint density at radius 1 is 1.41 bits per heavy atom. The molecule has 2 rings (SSSR count). The molecule has 0 radical (unpaired) electrons. The van der Waals surface area contributed by atoms with Crippen molar-refractivity contribution in [2.75, 3.05) is 19.8 Å². The summed E-state index contributed by atoms with van der Waals surface area (Å²) in [5.74, 6) is 0.212. The Bertz CT molecular complexity index is 390. The van der Waals surface area contributed by atoms with Crippen molar-refractivity contribution in [2.45, 2.75) is 12.5 Å². The number of phenols is 1. The van der Waals surface area contributed by atoms with Crippen LogP contribution in [0.15, 0.2) is 24.3 Å². The Labute approximate surface area is 99.2 Å². The number of amides is 1. The van der Waals surface area contributed by atoms with Crippen LogP contribution < -0.4 is 0 Å². The first-order valence-corrected chi connectivity index (χ1v) is 5.52. The van der Waals surface area contributed by atoms with E-state index in [0.29, 0.717) is 26.2 Å². The lowest BCUT2D eigenvalue weighted by molar-refractivity contribution is 0.000283. The number of benzene rings is 1. The number of phenolic OH excluding ortho intramolecular Hbond substituents is 1. The predicted molar refractivity (Wildman–Crippen MR) is 61.1 cm³/mol. The van der Waals surface area contributed by atoms with Crippen molar-refractivity contribution in [2.24, 2.45) is 0 Å². The summed E-state index contributed by atoms with van der Waals surface area (Å²) in [7, 11) is 0. The molecule has 1 heterocycles. The van der Waals surface area contributed by atoms with Crippen molar-refractivity contribution in [3.8, 4) is 5.75 Å². The minimum absolute atomic E-state index is 0.147. The summed E-state index contributed by atoms with van der Waals surface area (Å²) >= 11 is 0. The number of hydrogen-bond acceptors (Lipinski definition) is 3. The summed E-state index contributed by atoms with van der Waals surface area (Å²) in [4.78, 5) is 12.5. The summed E-state index contributed by atoms with van der Waals surface area (Å²) in [6, 6.07) is 6.65. The fraction of sp³-hybridized carbons (Fsp3) is 0.417. The lowest BCUT2D eigenvalue weighted by atomic mass is 10.0. The molecule has 92 valence electrons. The number of aromatic hydroxyl groups is 1. The van der Waals surface area contributed by atoms with Crippen molar-refractivity contribution in [3.05, 3.63) is 29.8 Å². The minimum atomic E-state index is -0.905. The van der Waals surface area contributed by atoms with Gasteiger partial charge in [-0.15, -0.1) is 0 Å². The van der Waals surface area contributed by atoms with Crippen LogP contribution in [0.1, 0.15) is 5.56 Å². The standard InChI is InChI=1S/C12H15NO4/c14-11-3-1-9(2-4-11)7-10-8-17-6-5-13(10)12(15)16/h1-4,10,14H,5-8H2,(H,15,16). The van der Waals surface area contributed by atoms with Gasteiger partial charge >= 0.3 is 6.09 Å². The molecule has 1 aliphatic rings. The Morgan fingerprint density at radius 3 is 2.76 bits per heavy atom. The van der Waals surface area contributed by atoms with Gasteiger partial charge in [-0.2, -0.15) is 0 Å². The maximum absolute atomic E-state index is 11.0. The molecule has 1 amide bonds. The van der Waals surface area contributed by atoms with E-state index in [0.717, 1.165) is 5.56 Å². The summed E-state index contributed by atoms with van der Waals surface area (Å²) in [6.45, 7) is 1.30. The summed E-state index contributed by atoms with van der Waals surface area (Å²) in [5.41, 5.74) is 0.990. The average Bonchev–Trinajstić information content (AvgIpc) is 2.32. The highest BCUT2D eigenvalue weighted by Gasteiger charge is 2.26. The molecule has 1 unspecified atom stereocenters. The van der Waals surface area contributed by atoms with Crippen LogP contribution in [0, 0.1) is 0 Å². The molecule has 1 atom stereocenters. The number of nitrogens with zero attached hydrogens (tertiary/aromatic N) is 1. The van der Waals surface area contributed by atoms with Gasteiger partial charge in [-0.3, -0.25) is 0 Å². The van der Waals surface area contributed by atoms with Gasteiger partial charge in [0.15, 0.2) is 0 Å². The topological polar surface area (TPSA) is 70.0 Å². The lowest BCUT2D eigenvalue weighted by Crippen LogP contribution is -2.49. The maximum Gasteiger partial charge on any atom is 0.407 e. The van der Waals surface area contributed by atoms with Gasteiger partial charge in [0.1, 0.15) is 5.75 Å². The van der Waals surface area contributed by atoms with E-state index in [1.165, 1.54) is 4.90 Å². The number of hydrogen-bond donors (Lipinski definition) is 2. The molecular formula is C12H15NO4. The van der Waals surface area contributed by atoms with Gasteiger partial charge in [0.05, 0.1) is 19.3 Å². The van der Waals surface area contributed by atoms with E-state index >= 15 is 0 Å². The highest BCUT2D eigenvalue weighted by atomic mass is 16.5. The van der Waals surface area contributed by atoms with E-state index in [-0.39, 0.29) is 11.8 Å². The molecule has 0 saturated carbocycles. The third-order valence-electron chi connectivity index (χ3n) is 2.88. The Kier molecular flexibility index (Phi) is 3.49. The van der Waals surface area contributed by atoms with Crippen molar-refractivity contribution in [1.29, 1.82) is 0 Å². The minimum Gasteiger partial charge on any atom is -0.508 e. The zero-order valence-corrected chi connectivity index (χ0v) is 9.37. The molecule has 0 aromatic heterocycles. The molecule has 0 bridgehead atoms. The van der Waals surface area contributed by atoms with Gasteiger partial charge in [0.2, 0.25) is 0 Å². The van der Waals surface area contributed by atoms with Crippen LogP contribution in [0.3, 0.4) is 0 Å². The van der Waals surface area contributed by atoms with E-state index in [1.807, 2.05) is 0 Å². The molecule has 1 aromatic rings. The van der Waals surface area contributed by atoms with Crippen molar-refractivity contribution >= 4 is 6.09 Å². The molecular weight excluding hydrogens is 222 g/mol. The SMILES string of the molecule is O=C(O)N1CCOCC1Cc1ccc(O)cc1. The third-order valence-corrected chi connectivity index (χ3v) is 2.88. The third kappa shape index (κ3) is 2.88. The Morgan fingerprint density at radius 2 is 2.12 bits per heavy atom. The molecule has 1 saturated heterocycles. The summed E-state index contributed by atoms with van der Waals surface area (Å²) in [5, 5.41) is 18.2. The molecule has 5 nitrogen and oxygen atoms in total. The van der Waals surface area contributed by atoms with Crippen LogP contribution in [-0.2, 0) is 11.2 Å². The van der Waals surface area contributed by atoms with Crippen molar-refractivity contribution in [3.63, 3.8) is 0 Å². The molecule has 1 fully saturated rings. The first-order chi connectivity index (χ1) is 8.16. The monoisotopic (exact) mass is 237 g/mol. The fourth-order valence-electron chi connectivity index (χ4n) is 1.98. The number of morpholine rings is 1. The van der Waals surface area contributed by atoms with Gasteiger partial charge in [0.25, 0.3) is 0 Å². The van der Waals surface area contributed by atoms with Gasteiger partial charge in [0, 0.05) is 6.54 Å². The van der Waals surface area contributed by atoms with Gasteiger partial charge < -0.3 is 19.8 Å². The number of rotatable bonds is 2. The molecule has 17 heavy (non-hydrogen) atoms. The zero-order chi connectivity index (χ0) is 12.3. The average molecular weight is 237 g/mol. The molecule has 0 aliphatic carbocycles. The highest BCUT2D eigenvalue weighted by Crippen LogP contribution is 2.16. The zero-order valence-electron chi connectivity index (χ0n) is 9.37. The second kappa shape index (κ2) is 5.05. The van der Waals surface area contributed by atoms with E-state index in [2.05, 4.69) is 0 Å². The maximum atomic E-state index is 11.0. The first-order valence-electron chi connectivity index (χ1n) is 5.52. The number of carboxylic acid groups (broad SMARTS) is 1. The van der Waals surface area contributed by atoms with Crippen molar-refractivity contribution < 1.29 is 19.7 Å². The second-order valence-electron chi connectivity index (χ2n) is 4.08. The smallest absolute Gasteiger partial charge is 0.407 e. The number of ether oxygens (including phenoxy) is 1. The van der Waals surface area contributed by atoms with Crippen LogP contribution >= 0.6 is 0 Å². The van der Waals surface area contributed by atoms with E-state index < -0.39 is 6.09 Å². The fourth-order valence-corrected chi connectivity index (χ4v) is 1.98. The molecule has 2 N–H and O–H groups in total. The van der Waals surface area contributed by atoms with Crippen LogP contribution in [0.2, 0.25) is 0 Å². The van der Waals surface area contributed by atoms with Gasteiger partial charge in [-0.1, -0.05) is 12.1 Å². The highest BCUT2D eigenvalue weighted by molar-refractivity contribution is 5.65. The van der Waals surface area contributed by atoms with E-state index in [4.69, 9.17) is 9.84 Å². The molecule has 0 spiro atoms. The van der Waals surface area contributed by atoms with E-state index in [1.54, 1.807) is 24.3 Å². The van der Waals surface area contributed by atoms with Crippen LogP contribution in [-0.4, -0.2) is 47.0 Å². The Balaban J connectivity index is 2.05. The lowest BCUT2D eigenvalue weighted by Gasteiger charge is -2.33. The first kappa shape index (κ1) is 11.7. The van der Waals surface area contributed by atoms with Gasteiger partial charge in [-0.25, -0.2) is 4.79 Å². The van der Waals surface area contributed by atoms with Crippen LogP contribution in [0.4, 0.5) is 4.79 Å². The van der Waals surface area contributed by atoms with Crippen molar-refractivity contribution in [1.82, 2.24) is 4.90 Å². The quantitative estimate of drug-likeness (QED) is 0.813. The Hall–Kier alpha value is -1.75. The summed E-state index contributed by atoms with van der Waals surface area (Å²) in [6.07, 6.45) is -0.302. The second-order valence-corrected chi connectivity index (χ2v) is 4.08. The summed E-state index contributed by atoms with van der Waals surface area (Å²) < 4.78 is 5.30. The van der Waals surface area contributed by atoms with Crippen LogP contribution in [0.25, 0.3) is 0 Å². The largest absolute Gasteiger partial charge is 0.508 e. The van der Waals surface area contributed by atoms with Crippen LogP contribution in [0.5, 0.6) is 5.75 Å². The molecule has 1 aromatic carbocycles. The van der Waals surface area contributed by atoms with Gasteiger partial charge in [-0.05, 0) is 24.1 Å². The normalized spacial score (nSPS) is 20.2.